The number of piperidine rings is 1. The van der Waals surface area contributed by atoms with Gasteiger partial charge >= 0.3 is 0 Å². The SMILES string of the molecule is CCN(C(=O)C1CCCc2sccc21)C1CCNCC1. The lowest BCUT2D eigenvalue weighted by Gasteiger charge is -2.37. The second kappa shape index (κ2) is 6.27. The zero-order valence-electron chi connectivity index (χ0n) is 12.2. The van der Waals surface area contributed by atoms with Crippen LogP contribution < -0.4 is 5.32 Å². The molecule has 2 aliphatic rings. The van der Waals surface area contributed by atoms with Gasteiger partial charge in [0.25, 0.3) is 0 Å². The highest BCUT2D eigenvalue weighted by molar-refractivity contribution is 7.10. The lowest BCUT2D eigenvalue weighted by molar-refractivity contribution is -0.135. The third kappa shape index (κ3) is 2.63. The Morgan fingerprint density at radius 3 is 2.95 bits per heavy atom. The fourth-order valence-corrected chi connectivity index (χ4v) is 4.64. The van der Waals surface area contributed by atoms with Crippen LogP contribution in [-0.2, 0) is 11.2 Å². The van der Waals surface area contributed by atoms with E-state index in [9.17, 15) is 4.79 Å². The summed E-state index contributed by atoms with van der Waals surface area (Å²) in [5, 5.41) is 5.54. The van der Waals surface area contributed by atoms with Crippen LogP contribution in [0.15, 0.2) is 11.4 Å². The molecule has 1 aromatic heterocycles. The number of hydrogen-bond acceptors (Lipinski definition) is 3. The Hall–Kier alpha value is -0.870. The summed E-state index contributed by atoms with van der Waals surface area (Å²) in [4.78, 5) is 16.6. The quantitative estimate of drug-likeness (QED) is 0.929. The van der Waals surface area contributed by atoms with Gasteiger partial charge in [0, 0.05) is 17.5 Å². The number of fused-ring (bicyclic) bond motifs is 1. The van der Waals surface area contributed by atoms with E-state index >= 15 is 0 Å². The Morgan fingerprint density at radius 2 is 2.20 bits per heavy atom. The van der Waals surface area contributed by atoms with Gasteiger partial charge in [0.05, 0.1) is 5.92 Å². The van der Waals surface area contributed by atoms with Crippen molar-refractivity contribution < 1.29 is 4.79 Å². The van der Waals surface area contributed by atoms with Crippen LogP contribution in [0.4, 0.5) is 0 Å². The Morgan fingerprint density at radius 1 is 1.40 bits per heavy atom. The zero-order chi connectivity index (χ0) is 13.9. The summed E-state index contributed by atoms with van der Waals surface area (Å²) in [6.45, 7) is 5.06. The molecule has 1 N–H and O–H groups in total. The van der Waals surface area contributed by atoms with Crippen molar-refractivity contribution in [3.8, 4) is 0 Å². The van der Waals surface area contributed by atoms with Gasteiger partial charge in [-0.3, -0.25) is 4.79 Å². The van der Waals surface area contributed by atoms with Crippen molar-refractivity contribution in [3.05, 3.63) is 21.9 Å². The number of nitrogens with one attached hydrogen (secondary N) is 1. The minimum atomic E-state index is 0.125. The second-order valence-electron chi connectivity index (χ2n) is 5.85. The largest absolute Gasteiger partial charge is 0.339 e. The summed E-state index contributed by atoms with van der Waals surface area (Å²) in [7, 11) is 0. The van der Waals surface area contributed by atoms with E-state index in [1.54, 1.807) is 0 Å². The van der Waals surface area contributed by atoms with Crippen molar-refractivity contribution in [2.24, 2.45) is 0 Å². The van der Waals surface area contributed by atoms with E-state index in [0.29, 0.717) is 11.9 Å². The molecule has 20 heavy (non-hydrogen) atoms. The topological polar surface area (TPSA) is 32.3 Å². The summed E-state index contributed by atoms with van der Waals surface area (Å²) in [6.07, 6.45) is 5.56. The number of hydrogen-bond donors (Lipinski definition) is 1. The molecule has 2 heterocycles. The number of thiophene rings is 1. The van der Waals surface area contributed by atoms with Gasteiger partial charge in [-0.05, 0) is 69.1 Å². The predicted molar refractivity (Wildman–Crippen MR) is 83.3 cm³/mol. The van der Waals surface area contributed by atoms with Gasteiger partial charge in [0.2, 0.25) is 5.91 Å². The van der Waals surface area contributed by atoms with Crippen molar-refractivity contribution in [2.75, 3.05) is 19.6 Å². The zero-order valence-corrected chi connectivity index (χ0v) is 13.0. The molecule has 1 atom stereocenters. The molecular weight excluding hydrogens is 268 g/mol. The van der Waals surface area contributed by atoms with Crippen LogP contribution in [0.3, 0.4) is 0 Å². The predicted octanol–water partition coefficient (Wildman–Crippen LogP) is 2.77. The van der Waals surface area contributed by atoms with Crippen molar-refractivity contribution in [3.63, 3.8) is 0 Å². The molecule has 110 valence electrons. The minimum Gasteiger partial charge on any atom is -0.339 e. The lowest BCUT2D eigenvalue weighted by Crippen LogP contribution is -2.47. The summed E-state index contributed by atoms with van der Waals surface area (Å²) in [6, 6.07) is 2.62. The molecule has 1 aromatic rings. The molecule has 0 bridgehead atoms. The molecule has 0 radical (unpaired) electrons. The van der Waals surface area contributed by atoms with E-state index in [1.165, 1.54) is 10.4 Å². The molecule has 1 saturated heterocycles. The normalized spacial score (nSPS) is 23.4. The summed E-state index contributed by atoms with van der Waals surface area (Å²) >= 11 is 1.82. The Labute approximate surface area is 125 Å². The molecule has 1 amide bonds. The van der Waals surface area contributed by atoms with E-state index in [2.05, 4.69) is 28.6 Å². The van der Waals surface area contributed by atoms with Gasteiger partial charge in [-0.1, -0.05) is 0 Å². The van der Waals surface area contributed by atoms with Crippen LogP contribution in [0.2, 0.25) is 0 Å². The molecule has 1 aliphatic heterocycles. The van der Waals surface area contributed by atoms with Gasteiger partial charge in [-0.25, -0.2) is 0 Å². The molecule has 3 nitrogen and oxygen atoms in total. The number of carbonyl (C=O) groups excluding carboxylic acids is 1. The summed E-state index contributed by atoms with van der Waals surface area (Å²) in [5.41, 5.74) is 1.32. The fraction of sp³-hybridized carbons (Fsp3) is 0.688. The molecule has 4 heteroatoms. The van der Waals surface area contributed by atoms with Crippen molar-refractivity contribution in [2.45, 2.75) is 51.0 Å². The van der Waals surface area contributed by atoms with E-state index in [1.807, 2.05) is 11.3 Å². The maximum Gasteiger partial charge on any atom is 0.230 e. The first-order valence-corrected chi connectivity index (χ1v) is 8.76. The molecule has 0 saturated carbocycles. The van der Waals surface area contributed by atoms with Gasteiger partial charge in [0.1, 0.15) is 0 Å². The highest BCUT2D eigenvalue weighted by Gasteiger charge is 2.33. The number of aryl methyl sites for hydroxylation is 1. The summed E-state index contributed by atoms with van der Waals surface area (Å²) in [5.74, 6) is 0.499. The van der Waals surface area contributed by atoms with Gasteiger partial charge in [0.15, 0.2) is 0 Å². The monoisotopic (exact) mass is 292 g/mol. The van der Waals surface area contributed by atoms with E-state index in [0.717, 1.165) is 51.7 Å². The van der Waals surface area contributed by atoms with Crippen LogP contribution >= 0.6 is 11.3 Å². The van der Waals surface area contributed by atoms with Gasteiger partial charge in [-0.15, -0.1) is 11.3 Å². The Bertz CT molecular complexity index is 465. The third-order valence-electron chi connectivity index (χ3n) is 4.72. The van der Waals surface area contributed by atoms with Gasteiger partial charge in [-0.2, -0.15) is 0 Å². The van der Waals surface area contributed by atoms with Crippen molar-refractivity contribution >= 4 is 17.2 Å². The molecule has 0 aromatic carbocycles. The average molecular weight is 292 g/mol. The van der Waals surface area contributed by atoms with E-state index < -0.39 is 0 Å². The number of nitrogens with zero attached hydrogens (tertiary/aromatic N) is 1. The van der Waals surface area contributed by atoms with Crippen LogP contribution in [0.1, 0.15) is 49.0 Å². The number of likely N-dealkylation sites (N-methyl/N-ethyl adjacent to an activating group) is 1. The first-order valence-electron chi connectivity index (χ1n) is 7.88. The average Bonchev–Trinajstić information content (AvgIpc) is 2.97. The van der Waals surface area contributed by atoms with E-state index in [-0.39, 0.29) is 5.92 Å². The van der Waals surface area contributed by atoms with E-state index in [4.69, 9.17) is 0 Å². The standard InChI is InChI=1S/C16H24N2OS/c1-2-18(12-6-9-17-10-7-12)16(19)14-4-3-5-15-13(14)8-11-20-15/h8,11-12,14,17H,2-7,9-10H2,1H3. The van der Waals surface area contributed by atoms with Crippen LogP contribution in [-0.4, -0.2) is 36.5 Å². The number of carbonyl (C=O) groups is 1. The first kappa shape index (κ1) is 14.1. The summed E-state index contributed by atoms with van der Waals surface area (Å²) < 4.78 is 0. The molecule has 1 unspecified atom stereocenters. The highest BCUT2D eigenvalue weighted by atomic mass is 32.1. The minimum absolute atomic E-state index is 0.125. The number of amides is 1. The lowest BCUT2D eigenvalue weighted by atomic mass is 9.86. The van der Waals surface area contributed by atoms with Crippen molar-refractivity contribution in [1.29, 1.82) is 0 Å². The smallest absolute Gasteiger partial charge is 0.230 e. The maximum atomic E-state index is 13.0. The second-order valence-corrected chi connectivity index (χ2v) is 6.85. The first-order chi connectivity index (χ1) is 9.81. The molecule has 3 rings (SSSR count). The van der Waals surface area contributed by atoms with Gasteiger partial charge < -0.3 is 10.2 Å². The highest BCUT2D eigenvalue weighted by Crippen LogP contribution is 2.36. The fourth-order valence-electron chi connectivity index (χ4n) is 3.66. The Kier molecular flexibility index (Phi) is 4.41. The maximum absolute atomic E-state index is 13.0. The molecule has 0 spiro atoms. The van der Waals surface area contributed by atoms with Crippen molar-refractivity contribution in [1.82, 2.24) is 10.2 Å². The van der Waals surface area contributed by atoms with Crippen LogP contribution in [0.5, 0.6) is 0 Å². The molecule has 1 fully saturated rings. The molecule has 1 aliphatic carbocycles. The Balaban J connectivity index is 1.77. The van der Waals surface area contributed by atoms with Crippen LogP contribution in [0, 0.1) is 0 Å². The third-order valence-corrected chi connectivity index (χ3v) is 5.72. The van der Waals surface area contributed by atoms with Crippen LogP contribution in [0.25, 0.3) is 0 Å². The number of rotatable bonds is 3. The molecular formula is C16H24N2OS.